The lowest BCUT2D eigenvalue weighted by atomic mass is 10.0. The highest BCUT2D eigenvalue weighted by Crippen LogP contribution is 2.35. The molecule has 32 heavy (non-hydrogen) atoms. The van der Waals surface area contributed by atoms with E-state index in [0.29, 0.717) is 23.7 Å². The van der Waals surface area contributed by atoms with Gasteiger partial charge in [-0.05, 0) is 61.2 Å². The minimum Gasteiger partial charge on any atom is -0.388 e. The normalized spacial score (nSPS) is 20.9. The standard InChI is InChI=1S/C24H22ClFN4O2/c1-12-15-5-7-30(20(15)4-6-28-12)21-10-14(22(31)23(21)32)3-2-13-8-18(26)16-11-17(25)24(27)29-19(16)9-13/h4-11,21-23,31-32H,2-3H2,1H3,(H2,27,29)/t21-,22-,23+/m1/s1. The number of hydrogen-bond donors (Lipinski definition) is 3. The topological polar surface area (TPSA) is 97.2 Å². The number of nitrogens with zero attached hydrogens (tertiary/aromatic N) is 3. The van der Waals surface area contributed by atoms with Crippen LogP contribution in [0.3, 0.4) is 0 Å². The fourth-order valence-electron chi connectivity index (χ4n) is 4.50. The Bertz CT molecular complexity index is 1380. The molecule has 4 N–H and O–H groups in total. The van der Waals surface area contributed by atoms with Gasteiger partial charge in [-0.2, -0.15) is 0 Å². The number of aliphatic hydroxyl groups excluding tert-OH is 2. The van der Waals surface area contributed by atoms with E-state index < -0.39 is 24.1 Å². The highest BCUT2D eigenvalue weighted by Gasteiger charge is 2.35. The smallest absolute Gasteiger partial charge is 0.142 e. The van der Waals surface area contributed by atoms with Crippen molar-refractivity contribution in [3.05, 3.63) is 76.5 Å². The van der Waals surface area contributed by atoms with E-state index in [4.69, 9.17) is 17.3 Å². The van der Waals surface area contributed by atoms with Crippen LogP contribution < -0.4 is 5.73 Å². The number of fused-ring (bicyclic) bond motifs is 2. The highest BCUT2D eigenvalue weighted by molar-refractivity contribution is 6.33. The fourth-order valence-corrected chi connectivity index (χ4v) is 4.65. The summed E-state index contributed by atoms with van der Waals surface area (Å²) in [4.78, 5) is 8.49. The summed E-state index contributed by atoms with van der Waals surface area (Å²) in [5, 5.41) is 22.9. The zero-order valence-corrected chi connectivity index (χ0v) is 18.1. The van der Waals surface area contributed by atoms with Crippen molar-refractivity contribution in [2.24, 2.45) is 0 Å². The molecule has 0 amide bonds. The second-order valence-corrected chi connectivity index (χ2v) is 8.63. The van der Waals surface area contributed by atoms with E-state index in [1.165, 1.54) is 12.1 Å². The number of nitrogen functional groups attached to an aromatic ring is 1. The summed E-state index contributed by atoms with van der Waals surface area (Å²) in [5.41, 5.74) is 9.50. The van der Waals surface area contributed by atoms with Crippen LogP contribution in [-0.4, -0.2) is 37.0 Å². The van der Waals surface area contributed by atoms with Crippen LogP contribution in [0.5, 0.6) is 0 Å². The van der Waals surface area contributed by atoms with Crippen LogP contribution in [-0.2, 0) is 6.42 Å². The second kappa shape index (κ2) is 7.85. The Balaban J connectivity index is 1.42. The van der Waals surface area contributed by atoms with Gasteiger partial charge in [0.1, 0.15) is 23.8 Å². The highest BCUT2D eigenvalue weighted by atomic mass is 35.5. The van der Waals surface area contributed by atoms with Crippen LogP contribution in [0.2, 0.25) is 5.02 Å². The zero-order valence-electron chi connectivity index (χ0n) is 17.3. The van der Waals surface area contributed by atoms with Gasteiger partial charge >= 0.3 is 0 Å². The maximum absolute atomic E-state index is 14.6. The van der Waals surface area contributed by atoms with Gasteiger partial charge in [-0.15, -0.1) is 0 Å². The molecule has 0 saturated heterocycles. The Morgan fingerprint density at radius 2 is 1.97 bits per heavy atom. The first kappa shape index (κ1) is 20.9. The zero-order chi connectivity index (χ0) is 22.6. The maximum atomic E-state index is 14.6. The van der Waals surface area contributed by atoms with Gasteiger partial charge in [0.25, 0.3) is 0 Å². The molecule has 0 radical (unpaired) electrons. The second-order valence-electron chi connectivity index (χ2n) is 8.22. The van der Waals surface area contributed by atoms with Crippen LogP contribution in [0.15, 0.2) is 54.4 Å². The lowest BCUT2D eigenvalue weighted by Crippen LogP contribution is -2.29. The molecular formula is C24H22ClFN4O2. The van der Waals surface area contributed by atoms with Gasteiger partial charge in [0.2, 0.25) is 0 Å². The Morgan fingerprint density at radius 3 is 2.78 bits per heavy atom. The van der Waals surface area contributed by atoms with Crippen LogP contribution in [0.4, 0.5) is 10.2 Å². The Hall–Kier alpha value is -3.00. The first-order valence-electron chi connectivity index (χ1n) is 10.4. The Labute approximate surface area is 188 Å². The first-order chi connectivity index (χ1) is 15.3. The van der Waals surface area contributed by atoms with E-state index in [1.807, 2.05) is 35.9 Å². The van der Waals surface area contributed by atoms with Gasteiger partial charge in [-0.3, -0.25) is 4.98 Å². The van der Waals surface area contributed by atoms with E-state index in [-0.39, 0.29) is 10.8 Å². The van der Waals surface area contributed by atoms with Crippen molar-refractivity contribution in [2.45, 2.75) is 38.0 Å². The van der Waals surface area contributed by atoms with Gasteiger partial charge < -0.3 is 20.5 Å². The van der Waals surface area contributed by atoms with Gasteiger partial charge in [-0.1, -0.05) is 17.7 Å². The predicted molar refractivity (Wildman–Crippen MR) is 123 cm³/mol. The summed E-state index contributed by atoms with van der Waals surface area (Å²) in [6.07, 6.45) is 4.54. The van der Waals surface area contributed by atoms with Crippen LogP contribution in [0.1, 0.15) is 23.7 Å². The van der Waals surface area contributed by atoms with Crippen LogP contribution in [0.25, 0.3) is 21.8 Å². The number of aryl methyl sites for hydroxylation is 2. The van der Waals surface area contributed by atoms with E-state index in [1.54, 1.807) is 12.3 Å². The number of hydrogen-bond acceptors (Lipinski definition) is 5. The average Bonchev–Trinajstić information content (AvgIpc) is 3.31. The SMILES string of the molecule is Cc1nccc2c1ccn2[C@@H]1C=C(CCc2cc(F)c3cc(Cl)c(N)nc3c2)[C@@H](O)[C@H]1O. The fraction of sp³-hybridized carbons (Fsp3) is 0.250. The molecule has 0 fully saturated rings. The van der Waals surface area contributed by atoms with Crippen molar-refractivity contribution in [1.29, 1.82) is 0 Å². The number of anilines is 1. The molecule has 3 aromatic heterocycles. The summed E-state index contributed by atoms with van der Waals surface area (Å²) in [6.45, 7) is 1.94. The molecule has 8 heteroatoms. The number of pyridine rings is 2. The molecule has 3 atom stereocenters. The van der Waals surface area contributed by atoms with Crippen LogP contribution >= 0.6 is 11.6 Å². The minimum absolute atomic E-state index is 0.153. The number of rotatable bonds is 4. The van der Waals surface area contributed by atoms with Crippen molar-refractivity contribution in [1.82, 2.24) is 14.5 Å². The number of benzene rings is 1. The van der Waals surface area contributed by atoms with Crippen LogP contribution in [0, 0.1) is 12.7 Å². The number of nitrogens with two attached hydrogens (primary N) is 1. The molecule has 6 nitrogen and oxygen atoms in total. The van der Waals surface area contributed by atoms with Crippen molar-refractivity contribution in [2.75, 3.05) is 5.73 Å². The molecule has 5 rings (SSSR count). The van der Waals surface area contributed by atoms with E-state index in [2.05, 4.69) is 9.97 Å². The summed E-state index contributed by atoms with van der Waals surface area (Å²) < 4.78 is 16.5. The van der Waals surface area contributed by atoms with E-state index >= 15 is 0 Å². The van der Waals surface area contributed by atoms with Gasteiger partial charge in [0.15, 0.2) is 0 Å². The third-order valence-corrected chi connectivity index (χ3v) is 6.53. The van der Waals surface area contributed by atoms with Crippen molar-refractivity contribution in [3.63, 3.8) is 0 Å². The molecule has 0 bridgehead atoms. The molecular weight excluding hydrogens is 431 g/mol. The third-order valence-electron chi connectivity index (χ3n) is 6.23. The number of halogens is 2. The predicted octanol–water partition coefficient (Wildman–Crippen LogP) is 4.10. The summed E-state index contributed by atoms with van der Waals surface area (Å²) in [5.74, 6) is -0.270. The molecule has 1 aliphatic carbocycles. The summed E-state index contributed by atoms with van der Waals surface area (Å²) in [6, 6.07) is 8.16. The van der Waals surface area contributed by atoms with E-state index in [9.17, 15) is 14.6 Å². The van der Waals surface area contributed by atoms with E-state index in [0.717, 1.165) is 27.7 Å². The largest absolute Gasteiger partial charge is 0.388 e. The molecule has 4 aromatic rings. The number of aliphatic hydroxyl groups is 2. The number of aromatic nitrogens is 3. The lowest BCUT2D eigenvalue weighted by Gasteiger charge is -2.20. The first-order valence-corrected chi connectivity index (χ1v) is 10.7. The molecule has 164 valence electrons. The average molecular weight is 453 g/mol. The quantitative estimate of drug-likeness (QED) is 0.405. The summed E-state index contributed by atoms with van der Waals surface area (Å²) >= 11 is 5.96. The van der Waals surface area contributed by atoms with Crippen molar-refractivity contribution in [3.8, 4) is 0 Å². The van der Waals surface area contributed by atoms with Crippen molar-refractivity contribution >= 4 is 39.2 Å². The van der Waals surface area contributed by atoms with Crippen molar-refractivity contribution < 1.29 is 14.6 Å². The monoisotopic (exact) mass is 452 g/mol. The Kier molecular flexibility index (Phi) is 5.12. The molecule has 0 saturated carbocycles. The molecule has 3 heterocycles. The van der Waals surface area contributed by atoms with Gasteiger partial charge in [0, 0.05) is 28.9 Å². The van der Waals surface area contributed by atoms with Gasteiger partial charge in [0.05, 0.1) is 22.1 Å². The third kappa shape index (κ3) is 3.43. The minimum atomic E-state index is -0.988. The van der Waals surface area contributed by atoms with Gasteiger partial charge in [-0.25, -0.2) is 9.37 Å². The lowest BCUT2D eigenvalue weighted by molar-refractivity contribution is 0.0318. The molecule has 1 aromatic carbocycles. The maximum Gasteiger partial charge on any atom is 0.142 e. The molecule has 0 aliphatic heterocycles. The molecule has 1 aliphatic rings. The molecule has 0 spiro atoms. The molecule has 0 unspecified atom stereocenters. The summed E-state index contributed by atoms with van der Waals surface area (Å²) in [7, 11) is 0. The Morgan fingerprint density at radius 1 is 1.16 bits per heavy atom.